The standard InChI is InChI=1S/C13H16N4O3/c1-19-7-9-6-12(17-14)16-13(15-9)8-3-4-11(20-2)10(18)5-8/h3-6,18H,7,14H2,1-2H3,(H,15,16,17). The third-order valence-electron chi connectivity index (χ3n) is 2.66. The van der Waals surface area contributed by atoms with Crippen LogP contribution < -0.4 is 16.0 Å². The summed E-state index contributed by atoms with van der Waals surface area (Å²) < 4.78 is 10.1. The summed E-state index contributed by atoms with van der Waals surface area (Å²) in [7, 11) is 3.07. The molecule has 0 radical (unpaired) electrons. The number of hydrogen-bond donors (Lipinski definition) is 3. The molecule has 0 saturated carbocycles. The van der Waals surface area contributed by atoms with E-state index in [0.717, 1.165) is 0 Å². The molecule has 0 bridgehead atoms. The molecular weight excluding hydrogens is 260 g/mol. The summed E-state index contributed by atoms with van der Waals surface area (Å²) in [6.45, 7) is 0.340. The summed E-state index contributed by atoms with van der Waals surface area (Å²) in [6.07, 6.45) is 0. The highest BCUT2D eigenvalue weighted by atomic mass is 16.5. The third-order valence-corrected chi connectivity index (χ3v) is 2.66. The Bertz CT molecular complexity index is 604. The first-order valence-corrected chi connectivity index (χ1v) is 5.88. The molecule has 1 aromatic carbocycles. The Labute approximate surface area is 116 Å². The number of benzene rings is 1. The van der Waals surface area contributed by atoms with E-state index in [2.05, 4.69) is 15.4 Å². The Morgan fingerprint density at radius 3 is 2.65 bits per heavy atom. The minimum atomic E-state index is 0.0213. The minimum Gasteiger partial charge on any atom is -0.504 e. The van der Waals surface area contributed by atoms with Crippen molar-refractivity contribution in [2.45, 2.75) is 6.61 Å². The van der Waals surface area contributed by atoms with Crippen molar-refractivity contribution in [2.75, 3.05) is 19.6 Å². The predicted molar refractivity (Wildman–Crippen MR) is 74.2 cm³/mol. The molecule has 0 amide bonds. The van der Waals surface area contributed by atoms with Gasteiger partial charge in [0.15, 0.2) is 17.3 Å². The average Bonchev–Trinajstić information content (AvgIpc) is 2.47. The van der Waals surface area contributed by atoms with Crippen LogP contribution in [0.5, 0.6) is 11.5 Å². The van der Waals surface area contributed by atoms with E-state index in [-0.39, 0.29) is 5.75 Å². The third kappa shape index (κ3) is 2.95. The first kappa shape index (κ1) is 14.0. The predicted octanol–water partition coefficient (Wildman–Crippen LogP) is 1.29. The van der Waals surface area contributed by atoms with E-state index >= 15 is 0 Å². The van der Waals surface area contributed by atoms with Gasteiger partial charge in [0.2, 0.25) is 0 Å². The number of rotatable bonds is 5. The minimum absolute atomic E-state index is 0.0213. The largest absolute Gasteiger partial charge is 0.504 e. The summed E-state index contributed by atoms with van der Waals surface area (Å²) in [6, 6.07) is 6.62. The van der Waals surface area contributed by atoms with Crippen molar-refractivity contribution in [3.8, 4) is 22.9 Å². The fourth-order valence-corrected chi connectivity index (χ4v) is 1.75. The zero-order valence-electron chi connectivity index (χ0n) is 11.3. The molecule has 7 heteroatoms. The summed E-state index contributed by atoms with van der Waals surface area (Å²) in [5.41, 5.74) is 3.81. The van der Waals surface area contributed by atoms with E-state index in [1.807, 2.05) is 0 Å². The average molecular weight is 276 g/mol. The lowest BCUT2D eigenvalue weighted by Gasteiger charge is -2.09. The summed E-state index contributed by atoms with van der Waals surface area (Å²) in [4.78, 5) is 8.60. The number of methoxy groups -OCH3 is 2. The molecule has 0 spiro atoms. The van der Waals surface area contributed by atoms with Gasteiger partial charge in [0.25, 0.3) is 0 Å². The number of phenolic OH excluding ortho intramolecular Hbond substituents is 1. The molecule has 0 fully saturated rings. The number of aromatic hydroxyl groups is 1. The molecule has 1 aromatic heterocycles. The molecule has 4 N–H and O–H groups in total. The molecule has 2 rings (SSSR count). The normalized spacial score (nSPS) is 10.3. The van der Waals surface area contributed by atoms with Crippen LogP contribution in [-0.4, -0.2) is 29.3 Å². The lowest BCUT2D eigenvalue weighted by Crippen LogP contribution is -2.10. The molecule has 0 aliphatic heterocycles. The van der Waals surface area contributed by atoms with Gasteiger partial charge in [-0.05, 0) is 18.2 Å². The van der Waals surface area contributed by atoms with Crippen LogP contribution in [-0.2, 0) is 11.3 Å². The Kier molecular flexibility index (Phi) is 4.34. The van der Waals surface area contributed by atoms with Crippen LogP contribution in [0.25, 0.3) is 11.4 Å². The van der Waals surface area contributed by atoms with Gasteiger partial charge < -0.3 is 20.0 Å². The first-order valence-electron chi connectivity index (χ1n) is 5.88. The number of hydrazine groups is 1. The number of nitrogens with zero attached hydrogens (tertiary/aromatic N) is 2. The van der Waals surface area contributed by atoms with Gasteiger partial charge in [-0.3, -0.25) is 0 Å². The molecule has 2 aromatic rings. The first-order chi connectivity index (χ1) is 9.67. The lowest BCUT2D eigenvalue weighted by molar-refractivity contribution is 0.181. The second kappa shape index (κ2) is 6.18. The van der Waals surface area contributed by atoms with Crippen molar-refractivity contribution in [1.29, 1.82) is 0 Å². The smallest absolute Gasteiger partial charge is 0.162 e. The van der Waals surface area contributed by atoms with E-state index in [1.165, 1.54) is 13.2 Å². The quantitative estimate of drug-likeness (QED) is 0.558. The molecule has 0 aliphatic carbocycles. The van der Waals surface area contributed by atoms with E-state index < -0.39 is 0 Å². The molecule has 20 heavy (non-hydrogen) atoms. The topological polar surface area (TPSA) is 103 Å². The van der Waals surface area contributed by atoms with E-state index in [9.17, 15) is 5.11 Å². The number of aromatic nitrogens is 2. The van der Waals surface area contributed by atoms with Gasteiger partial charge in [-0.15, -0.1) is 0 Å². The van der Waals surface area contributed by atoms with Gasteiger partial charge in [0.05, 0.1) is 19.4 Å². The molecular formula is C13H16N4O3. The van der Waals surface area contributed by atoms with E-state index in [1.54, 1.807) is 25.3 Å². The van der Waals surface area contributed by atoms with Crippen molar-refractivity contribution in [2.24, 2.45) is 5.84 Å². The van der Waals surface area contributed by atoms with Gasteiger partial charge >= 0.3 is 0 Å². The summed E-state index contributed by atoms with van der Waals surface area (Å²) in [5.74, 6) is 6.70. The highest BCUT2D eigenvalue weighted by Gasteiger charge is 2.09. The Morgan fingerprint density at radius 2 is 2.05 bits per heavy atom. The fourth-order valence-electron chi connectivity index (χ4n) is 1.75. The zero-order chi connectivity index (χ0) is 14.5. The number of hydrogen-bond acceptors (Lipinski definition) is 7. The van der Waals surface area contributed by atoms with Crippen molar-refractivity contribution < 1.29 is 14.6 Å². The number of anilines is 1. The van der Waals surface area contributed by atoms with Gasteiger partial charge in [0.1, 0.15) is 5.82 Å². The van der Waals surface area contributed by atoms with Gasteiger partial charge in [0, 0.05) is 18.7 Å². The number of ether oxygens (including phenoxy) is 2. The van der Waals surface area contributed by atoms with Crippen LogP contribution in [0.15, 0.2) is 24.3 Å². The lowest BCUT2D eigenvalue weighted by atomic mass is 10.2. The number of phenols is 1. The van der Waals surface area contributed by atoms with Crippen LogP contribution in [0, 0.1) is 0 Å². The number of nitrogens with two attached hydrogens (primary N) is 1. The van der Waals surface area contributed by atoms with Crippen molar-refractivity contribution in [1.82, 2.24) is 9.97 Å². The number of nitrogen functional groups attached to an aromatic ring is 1. The van der Waals surface area contributed by atoms with Gasteiger partial charge in [-0.1, -0.05) is 0 Å². The van der Waals surface area contributed by atoms with Crippen LogP contribution in [0.3, 0.4) is 0 Å². The molecule has 0 aliphatic rings. The number of nitrogens with one attached hydrogen (secondary N) is 1. The highest BCUT2D eigenvalue weighted by Crippen LogP contribution is 2.30. The maximum atomic E-state index is 9.81. The zero-order valence-corrected chi connectivity index (χ0v) is 11.3. The molecule has 106 valence electrons. The van der Waals surface area contributed by atoms with Crippen LogP contribution in [0.2, 0.25) is 0 Å². The Balaban J connectivity index is 2.45. The molecule has 0 saturated heterocycles. The fraction of sp³-hybridized carbons (Fsp3) is 0.231. The Hall–Kier alpha value is -2.38. The van der Waals surface area contributed by atoms with Crippen LogP contribution in [0.4, 0.5) is 5.82 Å². The maximum Gasteiger partial charge on any atom is 0.162 e. The molecule has 7 nitrogen and oxygen atoms in total. The van der Waals surface area contributed by atoms with Crippen molar-refractivity contribution in [3.63, 3.8) is 0 Å². The van der Waals surface area contributed by atoms with E-state index in [0.29, 0.717) is 35.3 Å². The monoisotopic (exact) mass is 276 g/mol. The SMILES string of the molecule is COCc1cc(NN)nc(-c2ccc(OC)c(O)c2)n1. The van der Waals surface area contributed by atoms with Crippen LogP contribution >= 0.6 is 0 Å². The summed E-state index contributed by atoms with van der Waals surface area (Å²) >= 11 is 0. The van der Waals surface area contributed by atoms with Crippen LogP contribution in [0.1, 0.15) is 5.69 Å². The molecule has 0 unspecified atom stereocenters. The Morgan fingerprint density at radius 1 is 1.25 bits per heavy atom. The van der Waals surface area contributed by atoms with E-state index in [4.69, 9.17) is 15.3 Å². The summed E-state index contributed by atoms with van der Waals surface area (Å²) in [5, 5.41) is 9.81. The van der Waals surface area contributed by atoms with Gasteiger partial charge in [-0.25, -0.2) is 15.8 Å². The second-order valence-corrected chi connectivity index (χ2v) is 4.03. The van der Waals surface area contributed by atoms with Crippen molar-refractivity contribution in [3.05, 3.63) is 30.0 Å². The molecule has 1 heterocycles. The van der Waals surface area contributed by atoms with Gasteiger partial charge in [-0.2, -0.15) is 0 Å². The highest BCUT2D eigenvalue weighted by molar-refractivity contribution is 5.62. The second-order valence-electron chi connectivity index (χ2n) is 4.03. The van der Waals surface area contributed by atoms with Crippen molar-refractivity contribution >= 4 is 5.82 Å². The maximum absolute atomic E-state index is 9.81. The molecule has 0 atom stereocenters.